The van der Waals surface area contributed by atoms with Crippen LogP contribution in [0.3, 0.4) is 0 Å². The Labute approximate surface area is 210 Å². The number of ether oxygens (including phenoxy) is 2. The lowest BCUT2D eigenvalue weighted by Gasteiger charge is -2.11. The molecule has 4 aromatic rings. The van der Waals surface area contributed by atoms with Gasteiger partial charge in [-0.3, -0.25) is 9.59 Å². The van der Waals surface area contributed by atoms with Crippen molar-refractivity contribution in [2.75, 3.05) is 35.7 Å². The van der Waals surface area contributed by atoms with Crippen molar-refractivity contribution < 1.29 is 19.1 Å². The normalized spacial score (nSPS) is 10.2. The number of hydrogen-bond donors (Lipinski definition) is 3. The van der Waals surface area contributed by atoms with Gasteiger partial charge in [0, 0.05) is 22.6 Å². The number of benzene rings is 4. The molecule has 182 valence electrons. The van der Waals surface area contributed by atoms with E-state index < -0.39 is 0 Å². The van der Waals surface area contributed by atoms with Crippen molar-refractivity contribution in [1.29, 1.82) is 0 Å². The largest absolute Gasteiger partial charge is 0.490 e. The third kappa shape index (κ3) is 7.63. The fourth-order valence-corrected chi connectivity index (χ4v) is 3.36. The van der Waals surface area contributed by atoms with Crippen LogP contribution < -0.4 is 25.4 Å². The zero-order chi connectivity index (χ0) is 25.0. The minimum Gasteiger partial charge on any atom is -0.490 e. The highest BCUT2D eigenvalue weighted by Gasteiger charge is 2.07. The molecule has 0 aliphatic rings. The van der Waals surface area contributed by atoms with Gasteiger partial charge in [-0.15, -0.1) is 0 Å². The van der Waals surface area contributed by atoms with Gasteiger partial charge in [-0.05, 0) is 66.7 Å². The first-order valence-corrected chi connectivity index (χ1v) is 11.6. The average molecular weight is 482 g/mol. The van der Waals surface area contributed by atoms with E-state index in [2.05, 4.69) is 16.0 Å². The summed E-state index contributed by atoms with van der Waals surface area (Å²) in [5.41, 5.74) is 2.54. The van der Waals surface area contributed by atoms with Crippen molar-refractivity contribution in [3.63, 3.8) is 0 Å². The molecule has 0 aliphatic carbocycles. The van der Waals surface area contributed by atoms with E-state index in [1.807, 2.05) is 60.7 Å². The smallest absolute Gasteiger partial charge is 0.255 e. The van der Waals surface area contributed by atoms with Crippen molar-refractivity contribution in [3.8, 4) is 11.5 Å². The van der Waals surface area contributed by atoms with Crippen LogP contribution in [0.25, 0.3) is 0 Å². The first-order valence-electron chi connectivity index (χ1n) is 11.6. The molecular weight excluding hydrogens is 454 g/mol. The Kier molecular flexibility index (Phi) is 8.53. The van der Waals surface area contributed by atoms with Gasteiger partial charge in [0.25, 0.3) is 5.91 Å². The fourth-order valence-electron chi connectivity index (χ4n) is 3.36. The summed E-state index contributed by atoms with van der Waals surface area (Å²) in [6, 6.07) is 32.9. The molecule has 0 atom stereocenters. The third-order valence-corrected chi connectivity index (χ3v) is 5.11. The molecule has 0 aliphatic heterocycles. The summed E-state index contributed by atoms with van der Waals surface area (Å²) in [5, 5.41) is 8.76. The van der Waals surface area contributed by atoms with Gasteiger partial charge in [0.15, 0.2) is 0 Å². The van der Waals surface area contributed by atoms with E-state index in [0.717, 1.165) is 17.2 Å². The molecule has 0 saturated heterocycles. The molecule has 0 spiro atoms. The van der Waals surface area contributed by atoms with Crippen molar-refractivity contribution in [2.24, 2.45) is 0 Å². The van der Waals surface area contributed by atoms with Gasteiger partial charge in [-0.2, -0.15) is 0 Å². The first kappa shape index (κ1) is 24.3. The molecule has 0 saturated carbocycles. The Morgan fingerprint density at radius 2 is 1.17 bits per heavy atom. The van der Waals surface area contributed by atoms with Gasteiger partial charge in [-0.25, -0.2) is 0 Å². The highest BCUT2D eigenvalue weighted by atomic mass is 16.5. The van der Waals surface area contributed by atoms with E-state index in [4.69, 9.17) is 9.47 Å². The Morgan fingerprint density at radius 1 is 0.583 bits per heavy atom. The monoisotopic (exact) mass is 481 g/mol. The maximum atomic E-state index is 12.4. The third-order valence-electron chi connectivity index (χ3n) is 5.11. The second-order valence-electron chi connectivity index (χ2n) is 7.84. The van der Waals surface area contributed by atoms with Gasteiger partial charge in [0.1, 0.15) is 24.7 Å². The van der Waals surface area contributed by atoms with Gasteiger partial charge >= 0.3 is 0 Å². The van der Waals surface area contributed by atoms with E-state index in [9.17, 15) is 9.59 Å². The topological polar surface area (TPSA) is 88.7 Å². The molecule has 4 rings (SSSR count). The number of amides is 2. The second kappa shape index (κ2) is 12.6. The Balaban J connectivity index is 1.19. The predicted molar refractivity (Wildman–Crippen MR) is 142 cm³/mol. The molecule has 2 amide bonds. The van der Waals surface area contributed by atoms with Gasteiger partial charge in [0.2, 0.25) is 5.91 Å². The summed E-state index contributed by atoms with van der Waals surface area (Å²) in [4.78, 5) is 24.7. The molecule has 0 unspecified atom stereocenters. The molecule has 0 fully saturated rings. The SMILES string of the molecule is O=C(CNc1ccc(OCCOc2ccccc2)cc1)Nc1cccc(NC(=O)c2ccccc2)c1. The average Bonchev–Trinajstić information content (AvgIpc) is 2.92. The first-order chi connectivity index (χ1) is 17.7. The summed E-state index contributed by atoms with van der Waals surface area (Å²) in [6.45, 7) is 0.960. The number of para-hydroxylation sites is 1. The van der Waals surface area contributed by atoms with Crippen LogP contribution in [0.1, 0.15) is 10.4 Å². The Morgan fingerprint density at radius 3 is 1.83 bits per heavy atom. The zero-order valence-corrected chi connectivity index (χ0v) is 19.6. The molecule has 4 aromatic carbocycles. The molecule has 0 aromatic heterocycles. The summed E-state index contributed by atoms with van der Waals surface area (Å²) >= 11 is 0. The highest BCUT2D eigenvalue weighted by Crippen LogP contribution is 2.18. The molecule has 0 radical (unpaired) electrons. The molecule has 7 nitrogen and oxygen atoms in total. The minimum absolute atomic E-state index is 0.0890. The van der Waals surface area contributed by atoms with E-state index in [1.165, 1.54) is 0 Å². The second-order valence-corrected chi connectivity index (χ2v) is 7.84. The Hall–Kier alpha value is -4.78. The van der Waals surface area contributed by atoms with Crippen LogP contribution in [0.15, 0.2) is 109 Å². The summed E-state index contributed by atoms with van der Waals surface area (Å²) < 4.78 is 11.3. The van der Waals surface area contributed by atoms with Crippen molar-refractivity contribution in [3.05, 3.63) is 115 Å². The van der Waals surface area contributed by atoms with Crippen molar-refractivity contribution in [1.82, 2.24) is 0 Å². The zero-order valence-electron chi connectivity index (χ0n) is 19.6. The minimum atomic E-state index is -0.211. The number of carbonyl (C=O) groups is 2. The van der Waals surface area contributed by atoms with E-state index >= 15 is 0 Å². The number of rotatable bonds is 11. The highest BCUT2D eigenvalue weighted by molar-refractivity contribution is 6.04. The van der Waals surface area contributed by atoms with Gasteiger partial charge in [0.05, 0.1) is 6.54 Å². The van der Waals surface area contributed by atoms with Crippen LogP contribution in [0.5, 0.6) is 11.5 Å². The number of carbonyl (C=O) groups excluding carboxylic acids is 2. The molecule has 0 bridgehead atoms. The summed E-state index contributed by atoms with van der Waals surface area (Å²) in [5.74, 6) is 1.11. The number of anilines is 3. The lowest BCUT2D eigenvalue weighted by atomic mass is 10.2. The molecular formula is C29H27N3O4. The number of hydrogen-bond acceptors (Lipinski definition) is 5. The molecule has 7 heteroatoms. The number of nitrogens with one attached hydrogen (secondary N) is 3. The molecule has 0 heterocycles. The van der Waals surface area contributed by atoms with Crippen LogP contribution in [0.4, 0.5) is 17.1 Å². The van der Waals surface area contributed by atoms with Crippen LogP contribution in [0, 0.1) is 0 Å². The van der Waals surface area contributed by atoms with E-state index in [-0.39, 0.29) is 18.4 Å². The Bertz CT molecular complexity index is 1260. The molecule has 3 N–H and O–H groups in total. The van der Waals surface area contributed by atoms with Crippen molar-refractivity contribution >= 4 is 28.9 Å². The van der Waals surface area contributed by atoms with Crippen molar-refractivity contribution in [2.45, 2.75) is 0 Å². The lowest BCUT2D eigenvalue weighted by Crippen LogP contribution is -2.21. The summed E-state index contributed by atoms with van der Waals surface area (Å²) in [7, 11) is 0. The lowest BCUT2D eigenvalue weighted by molar-refractivity contribution is -0.114. The fraction of sp³-hybridized carbons (Fsp3) is 0.103. The van der Waals surface area contributed by atoms with Gasteiger partial charge < -0.3 is 25.4 Å². The van der Waals surface area contributed by atoms with Crippen LogP contribution >= 0.6 is 0 Å². The van der Waals surface area contributed by atoms with E-state index in [0.29, 0.717) is 30.2 Å². The molecule has 36 heavy (non-hydrogen) atoms. The maximum absolute atomic E-state index is 12.4. The predicted octanol–water partition coefficient (Wildman–Crippen LogP) is 5.45. The van der Waals surface area contributed by atoms with Crippen LogP contribution in [-0.4, -0.2) is 31.6 Å². The van der Waals surface area contributed by atoms with Crippen LogP contribution in [0.2, 0.25) is 0 Å². The van der Waals surface area contributed by atoms with Gasteiger partial charge in [-0.1, -0.05) is 42.5 Å². The standard InChI is InChI=1S/C29H27N3O4/c33-28(31-24-10-7-11-25(20-24)32-29(34)22-8-3-1-4-9-22)21-30-23-14-16-27(17-15-23)36-19-18-35-26-12-5-2-6-13-26/h1-17,20,30H,18-19,21H2,(H,31,33)(H,32,34). The van der Waals surface area contributed by atoms with Crippen LogP contribution in [-0.2, 0) is 4.79 Å². The van der Waals surface area contributed by atoms with E-state index in [1.54, 1.807) is 48.5 Å². The quantitative estimate of drug-likeness (QED) is 0.248. The summed E-state index contributed by atoms with van der Waals surface area (Å²) in [6.07, 6.45) is 0. The maximum Gasteiger partial charge on any atom is 0.255 e.